The molecule has 1 spiro atoms. The van der Waals surface area contributed by atoms with E-state index in [1.165, 1.54) is 4.88 Å². The Labute approximate surface area is 116 Å². The molecule has 2 fully saturated rings. The second kappa shape index (κ2) is 3.93. The zero-order valence-electron chi connectivity index (χ0n) is 10.9. The molecule has 0 aliphatic carbocycles. The van der Waals surface area contributed by atoms with Gasteiger partial charge in [-0.15, -0.1) is 11.3 Å². The van der Waals surface area contributed by atoms with Crippen LogP contribution in [0.3, 0.4) is 0 Å². The van der Waals surface area contributed by atoms with Gasteiger partial charge >= 0.3 is 0 Å². The summed E-state index contributed by atoms with van der Waals surface area (Å²) >= 11 is 1.75. The predicted octanol–water partition coefficient (Wildman–Crippen LogP) is 2.76. The molecule has 2 saturated heterocycles. The molecule has 0 radical (unpaired) electrons. The number of rotatable bonds is 1. The van der Waals surface area contributed by atoms with Crippen molar-refractivity contribution in [3.05, 3.63) is 34.5 Å². The van der Waals surface area contributed by atoms with Crippen molar-refractivity contribution in [2.75, 3.05) is 6.54 Å². The summed E-state index contributed by atoms with van der Waals surface area (Å²) in [5.74, 6) is 0.712. The molecule has 0 aromatic carbocycles. The normalized spacial score (nSPS) is 39.6. The lowest BCUT2D eigenvalue weighted by Gasteiger charge is -2.46. The number of likely N-dealkylation sites (tertiary alicyclic amines) is 1. The maximum Gasteiger partial charge on any atom is 0.220 e. The number of hydrogen-bond acceptors (Lipinski definition) is 3. The molecular weight excluding hydrogens is 258 g/mol. The van der Waals surface area contributed by atoms with Gasteiger partial charge in [-0.3, -0.25) is 4.79 Å². The molecule has 1 aromatic heterocycles. The number of amides is 1. The first kappa shape index (κ1) is 11.7. The lowest BCUT2D eigenvalue weighted by atomic mass is 9.75. The first-order valence-electron chi connectivity index (χ1n) is 6.86. The average Bonchev–Trinajstić information content (AvgIpc) is 3.10. The summed E-state index contributed by atoms with van der Waals surface area (Å²) in [6.45, 7) is 2.38. The van der Waals surface area contributed by atoms with E-state index in [4.69, 9.17) is 4.74 Å². The van der Waals surface area contributed by atoms with E-state index < -0.39 is 0 Å². The molecule has 1 aromatic rings. The van der Waals surface area contributed by atoms with E-state index >= 15 is 0 Å². The fourth-order valence-corrected chi connectivity index (χ4v) is 4.69. The van der Waals surface area contributed by atoms with Gasteiger partial charge in [0, 0.05) is 11.8 Å². The summed E-state index contributed by atoms with van der Waals surface area (Å²) in [6.07, 6.45) is 6.79. The molecule has 4 heteroatoms. The van der Waals surface area contributed by atoms with Gasteiger partial charge in [-0.25, -0.2) is 0 Å². The highest BCUT2D eigenvalue weighted by Gasteiger charge is 2.55. The SMILES string of the molecule is CC(=O)N1C[C@]23C=C[C@H](C[C@H]2C[C@H]1c1cccs1)O3. The summed E-state index contributed by atoms with van der Waals surface area (Å²) < 4.78 is 6.11. The number of ether oxygens (including phenoxy) is 1. The molecule has 2 bridgehead atoms. The van der Waals surface area contributed by atoms with Crippen molar-refractivity contribution >= 4 is 17.2 Å². The predicted molar refractivity (Wildman–Crippen MR) is 73.9 cm³/mol. The Morgan fingerprint density at radius 3 is 3.11 bits per heavy atom. The third kappa shape index (κ3) is 1.63. The van der Waals surface area contributed by atoms with Gasteiger partial charge in [-0.2, -0.15) is 0 Å². The molecule has 0 unspecified atom stereocenters. The summed E-state index contributed by atoms with van der Waals surface area (Å²) in [6, 6.07) is 4.46. The maximum atomic E-state index is 12.0. The number of carbonyl (C=O) groups is 1. The quantitative estimate of drug-likeness (QED) is 0.738. The van der Waals surface area contributed by atoms with Crippen LogP contribution in [0.4, 0.5) is 0 Å². The Morgan fingerprint density at radius 2 is 2.42 bits per heavy atom. The number of hydrogen-bond donors (Lipinski definition) is 0. The van der Waals surface area contributed by atoms with Crippen molar-refractivity contribution in [3.8, 4) is 0 Å². The minimum absolute atomic E-state index is 0.151. The number of fused-ring (bicyclic) bond motifs is 1. The average molecular weight is 275 g/mol. The van der Waals surface area contributed by atoms with Crippen LogP contribution in [0.1, 0.15) is 30.7 Å². The largest absolute Gasteiger partial charge is 0.361 e. The van der Waals surface area contributed by atoms with E-state index in [0.29, 0.717) is 12.5 Å². The molecule has 3 aliphatic rings. The second-order valence-electron chi connectivity index (χ2n) is 5.82. The highest BCUT2D eigenvalue weighted by molar-refractivity contribution is 7.10. The molecule has 4 atom stereocenters. The van der Waals surface area contributed by atoms with E-state index in [1.807, 2.05) is 4.90 Å². The van der Waals surface area contributed by atoms with Crippen LogP contribution in [0.5, 0.6) is 0 Å². The molecule has 19 heavy (non-hydrogen) atoms. The number of nitrogens with zero attached hydrogens (tertiary/aromatic N) is 1. The Balaban J connectivity index is 1.70. The van der Waals surface area contributed by atoms with Crippen molar-refractivity contribution < 1.29 is 9.53 Å². The van der Waals surface area contributed by atoms with E-state index in [-0.39, 0.29) is 23.7 Å². The van der Waals surface area contributed by atoms with Crippen LogP contribution in [0.25, 0.3) is 0 Å². The first-order chi connectivity index (χ1) is 9.18. The van der Waals surface area contributed by atoms with Gasteiger partial charge in [0.25, 0.3) is 0 Å². The van der Waals surface area contributed by atoms with Gasteiger partial charge in [-0.1, -0.05) is 18.2 Å². The van der Waals surface area contributed by atoms with Gasteiger partial charge < -0.3 is 9.64 Å². The molecule has 4 heterocycles. The van der Waals surface area contributed by atoms with Crippen LogP contribution in [-0.4, -0.2) is 29.1 Å². The fraction of sp³-hybridized carbons (Fsp3) is 0.533. The molecule has 100 valence electrons. The molecule has 3 aliphatic heterocycles. The Bertz CT molecular complexity index is 538. The van der Waals surface area contributed by atoms with Gasteiger partial charge in [0.15, 0.2) is 0 Å². The monoisotopic (exact) mass is 275 g/mol. The zero-order chi connectivity index (χ0) is 13.0. The van der Waals surface area contributed by atoms with Crippen molar-refractivity contribution in [1.29, 1.82) is 0 Å². The summed E-state index contributed by atoms with van der Waals surface area (Å²) in [5, 5.41) is 2.09. The van der Waals surface area contributed by atoms with Gasteiger partial charge in [0.1, 0.15) is 5.60 Å². The number of thiophene rings is 1. The Morgan fingerprint density at radius 1 is 1.53 bits per heavy atom. The number of piperidine rings is 1. The van der Waals surface area contributed by atoms with Crippen LogP contribution in [0, 0.1) is 5.92 Å². The van der Waals surface area contributed by atoms with Crippen LogP contribution < -0.4 is 0 Å². The van der Waals surface area contributed by atoms with Gasteiger partial charge in [0.2, 0.25) is 5.91 Å². The highest BCUT2D eigenvalue weighted by Crippen LogP contribution is 2.52. The topological polar surface area (TPSA) is 29.5 Å². The number of carbonyl (C=O) groups excluding carboxylic acids is 1. The molecular formula is C15H17NO2S. The molecule has 1 amide bonds. The van der Waals surface area contributed by atoms with E-state index in [9.17, 15) is 4.79 Å². The van der Waals surface area contributed by atoms with Crippen LogP contribution in [0.2, 0.25) is 0 Å². The van der Waals surface area contributed by atoms with E-state index in [1.54, 1.807) is 18.3 Å². The third-order valence-corrected chi connectivity index (χ3v) is 5.72. The van der Waals surface area contributed by atoms with Crippen LogP contribution in [-0.2, 0) is 9.53 Å². The van der Waals surface area contributed by atoms with E-state index in [0.717, 1.165) is 12.8 Å². The van der Waals surface area contributed by atoms with Crippen LogP contribution in [0.15, 0.2) is 29.7 Å². The van der Waals surface area contributed by atoms with Crippen molar-refractivity contribution in [1.82, 2.24) is 4.90 Å². The third-order valence-electron chi connectivity index (χ3n) is 4.75. The lowest BCUT2D eigenvalue weighted by molar-refractivity contribution is -0.140. The van der Waals surface area contributed by atoms with E-state index in [2.05, 4.69) is 29.7 Å². The maximum absolute atomic E-state index is 12.0. The lowest BCUT2D eigenvalue weighted by Crippen LogP contribution is -2.53. The molecule has 0 N–H and O–H groups in total. The van der Waals surface area contributed by atoms with Gasteiger partial charge in [-0.05, 0) is 30.2 Å². The minimum atomic E-state index is -0.190. The molecule has 4 rings (SSSR count). The van der Waals surface area contributed by atoms with Crippen molar-refractivity contribution in [2.45, 2.75) is 37.5 Å². The van der Waals surface area contributed by atoms with Crippen LogP contribution >= 0.6 is 11.3 Å². The first-order valence-corrected chi connectivity index (χ1v) is 7.74. The van der Waals surface area contributed by atoms with Crippen molar-refractivity contribution in [3.63, 3.8) is 0 Å². The standard InChI is InChI=1S/C15H17NO2S/c1-10(17)16-9-15-5-4-12(18-15)7-11(15)8-13(16)14-3-2-6-19-14/h2-6,11-13H,7-9H2,1H3/t11-,12+,13-,15+/m0/s1. The molecule has 3 nitrogen and oxygen atoms in total. The zero-order valence-corrected chi connectivity index (χ0v) is 11.7. The smallest absolute Gasteiger partial charge is 0.220 e. The summed E-state index contributed by atoms with van der Waals surface area (Å²) in [7, 11) is 0. The second-order valence-corrected chi connectivity index (χ2v) is 6.80. The Hall–Kier alpha value is -1.13. The highest BCUT2D eigenvalue weighted by atomic mass is 32.1. The summed E-state index contributed by atoms with van der Waals surface area (Å²) in [4.78, 5) is 15.3. The van der Waals surface area contributed by atoms with Crippen molar-refractivity contribution in [2.24, 2.45) is 5.92 Å². The summed E-state index contributed by atoms with van der Waals surface area (Å²) in [5.41, 5.74) is -0.190. The van der Waals surface area contributed by atoms with Gasteiger partial charge in [0.05, 0.1) is 18.7 Å². The molecule has 0 saturated carbocycles. The Kier molecular flexibility index (Phi) is 2.42. The minimum Gasteiger partial charge on any atom is -0.361 e. The fourth-order valence-electron chi connectivity index (χ4n) is 3.84.